The highest BCUT2D eigenvalue weighted by molar-refractivity contribution is 7.07. The number of aromatic nitrogens is 1. The largest absolute Gasteiger partial charge is 0.309 e. The predicted molar refractivity (Wildman–Crippen MR) is 103 cm³/mol. The Kier molecular flexibility index (Phi) is 5.77. The molecule has 1 unspecified atom stereocenters. The van der Waals surface area contributed by atoms with Crippen molar-refractivity contribution >= 4 is 17.6 Å². The summed E-state index contributed by atoms with van der Waals surface area (Å²) in [4.78, 5) is 5.48. The molecule has 0 saturated carbocycles. The summed E-state index contributed by atoms with van der Waals surface area (Å²) in [5.41, 5.74) is 3.49. The van der Waals surface area contributed by atoms with Crippen LogP contribution in [0.25, 0.3) is 11.3 Å². The number of nitrogens with one attached hydrogen (secondary N) is 1. The lowest BCUT2D eigenvalue weighted by molar-refractivity contribution is 0.475. The normalized spacial score (nSPS) is 19.0. The average Bonchev–Trinajstić information content (AvgIpc) is 3.02. The Morgan fingerprint density at radius 3 is 2.88 bits per heavy atom. The molecular formula is C19H24N4S. The van der Waals surface area contributed by atoms with E-state index in [2.05, 4.69) is 53.5 Å². The molecule has 1 saturated heterocycles. The molecule has 2 heterocycles. The van der Waals surface area contributed by atoms with Crippen LogP contribution in [-0.2, 0) is 0 Å². The van der Waals surface area contributed by atoms with E-state index in [1.165, 1.54) is 18.4 Å². The van der Waals surface area contributed by atoms with E-state index in [4.69, 9.17) is 5.10 Å². The van der Waals surface area contributed by atoms with Gasteiger partial charge in [-0.3, -0.25) is 4.99 Å². The maximum absolute atomic E-state index is 4.75. The molecule has 0 aliphatic carbocycles. The van der Waals surface area contributed by atoms with Crippen molar-refractivity contribution in [1.82, 2.24) is 9.99 Å². The van der Waals surface area contributed by atoms with Crippen LogP contribution in [-0.4, -0.2) is 30.0 Å². The second kappa shape index (κ2) is 8.22. The molecule has 5 heteroatoms. The van der Waals surface area contributed by atoms with Gasteiger partial charge in [-0.05, 0) is 26.3 Å². The van der Waals surface area contributed by atoms with Gasteiger partial charge in [0.15, 0.2) is 0 Å². The van der Waals surface area contributed by atoms with Crippen LogP contribution in [0, 0.1) is 6.92 Å². The molecule has 1 N–H and O–H groups in total. The van der Waals surface area contributed by atoms with Gasteiger partial charge in [-0.15, -0.1) is 17.9 Å². The summed E-state index contributed by atoms with van der Waals surface area (Å²) >= 11 is 1.62. The minimum absolute atomic E-state index is 0.351. The molecule has 126 valence electrons. The van der Waals surface area contributed by atoms with Crippen molar-refractivity contribution < 1.29 is 0 Å². The van der Waals surface area contributed by atoms with Crippen LogP contribution in [0.1, 0.15) is 24.8 Å². The number of piperidine rings is 1. The van der Waals surface area contributed by atoms with Gasteiger partial charge >= 0.3 is 0 Å². The molecule has 1 aromatic carbocycles. The second-order valence-electron chi connectivity index (χ2n) is 6.03. The number of thiazole rings is 1. The number of benzene rings is 1. The van der Waals surface area contributed by atoms with E-state index in [0.29, 0.717) is 12.6 Å². The van der Waals surface area contributed by atoms with Crippen molar-refractivity contribution in [1.29, 1.82) is 0 Å². The van der Waals surface area contributed by atoms with Gasteiger partial charge in [-0.25, -0.2) is 4.68 Å². The fraction of sp³-hybridized carbons (Fsp3) is 0.368. The van der Waals surface area contributed by atoms with Crippen LogP contribution in [0.5, 0.6) is 0 Å². The second-order valence-corrected chi connectivity index (χ2v) is 6.87. The van der Waals surface area contributed by atoms with Gasteiger partial charge in [0, 0.05) is 23.2 Å². The quantitative estimate of drug-likeness (QED) is 0.656. The molecule has 1 aliphatic heterocycles. The fourth-order valence-electron chi connectivity index (χ4n) is 2.74. The Labute approximate surface area is 147 Å². The van der Waals surface area contributed by atoms with Crippen molar-refractivity contribution in [2.75, 3.05) is 13.1 Å². The van der Waals surface area contributed by atoms with E-state index in [9.17, 15) is 0 Å². The Morgan fingerprint density at radius 2 is 2.17 bits per heavy atom. The van der Waals surface area contributed by atoms with E-state index >= 15 is 0 Å². The van der Waals surface area contributed by atoms with Crippen molar-refractivity contribution in [2.45, 2.75) is 32.2 Å². The molecule has 2 aromatic rings. The summed E-state index contributed by atoms with van der Waals surface area (Å²) in [6.07, 6.45) is 7.49. The van der Waals surface area contributed by atoms with E-state index in [1.807, 2.05) is 17.0 Å². The lowest BCUT2D eigenvalue weighted by Crippen LogP contribution is -2.35. The summed E-state index contributed by atoms with van der Waals surface area (Å²) in [5.74, 6) is 0. The van der Waals surface area contributed by atoms with Crippen LogP contribution in [0.2, 0.25) is 0 Å². The summed E-state index contributed by atoms with van der Waals surface area (Å²) in [6, 6.07) is 8.89. The molecule has 0 radical (unpaired) electrons. The smallest absolute Gasteiger partial charge is 0.206 e. The summed E-state index contributed by atoms with van der Waals surface area (Å²) in [7, 11) is 0. The maximum atomic E-state index is 4.75. The maximum Gasteiger partial charge on any atom is 0.206 e. The highest BCUT2D eigenvalue weighted by Crippen LogP contribution is 2.20. The van der Waals surface area contributed by atoms with Gasteiger partial charge in [0.05, 0.1) is 12.2 Å². The molecule has 1 fully saturated rings. The number of nitrogens with zero attached hydrogens (tertiary/aromatic N) is 3. The highest BCUT2D eigenvalue weighted by Gasteiger charge is 2.11. The van der Waals surface area contributed by atoms with Gasteiger partial charge < -0.3 is 5.32 Å². The summed E-state index contributed by atoms with van der Waals surface area (Å²) in [6.45, 7) is 7.53. The van der Waals surface area contributed by atoms with E-state index in [-0.39, 0.29) is 0 Å². The fourth-order valence-corrected chi connectivity index (χ4v) is 3.59. The monoisotopic (exact) mass is 340 g/mol. The SMILES string of the molecule is C=CC/N=c1\scc(-c2ccc(C)cc2)n1/N=C/C1CCCCN1. The van der Waals surface area contributed by atoms with Crippen molar-refractivity contribution in [3.05, 3.63) is 52.7 Å². The average molecular weight is 340 g/mol. The Bertz CT molecular complexity index is 761. The third kappa shape index (κ3) is 4.10. The first-order chi connectivity index (χ1) is 11.8. The first kappa shape index (κ1) is 16.9. The van der Waals surface area contributed by atoms with Gasteiger partial charge in [0.1, 0.15) is 0 Å². The van der Waals surface area contributed by atoms with Crippen molar-refractivity contribution in [2.24, 2.45) is 10.1 Å². The Balaban J connectivity index is 1.96. The molecule has 4 nitrogen and oxygen atoms in total. The zero-order valence-electron chi connectivity index (χ0n) is 14.1. The first-order valence-corrected chi connectivity index (χ1v) is 9.33. The first-order valence-electron chi connectivity index (χ1n) is 8.45. The third-order valence-corrected chi connectivity index (χ3v) is 4.95. The van der Waals surface area contributed by atoms with Crippen molar-refractivity contribution in [3.63, 3.8) is 0 Å². The van der Waals surface area contributed by atoms with Crippen LogP contribution in [0.15, 0.2) is 52.4 Å². The van der Waals surface area contributed by atoms with Crippen LogP contribution in [0.3, 0.4) is 0 Å². The molecule has 0 spiro atoms. The Hall–Kier alpha value is -1.98. The van der Waals surface area contributed by atoms with Crippen LogP contribution < -0.4 is 10.1 Å². The molecule has 1 atom stereocenters. The number of hydrogen-bond acceptors (Lipinski definition) is 4. The molecule has 24 heavy (non-hydrogen) atoms. The molecule has 0 amide bonds. The molecule has 1 aliphatic rings. The van der Waals surface area contributed by atoms with E-state index in [0.717, 1.165) is 29.0 Å². The van der Waals surface area contributed by atoms with Crippen molar-refractivity contribution in [3.8, 4) is 11.3 Å². The molecular weight excluding hydrogens is 316 g/mol. The summed E-state index contributed by atoms with van der Waals surface area (Å²) < 4.78 is 1.95. The molecule has 3 rings (SSSR count). The minimum atomic E-state index is 0.351. The lowest BCUT2D eigenvalue weighted by atomic mass is 10.1. The van der Waals surface area contributed by atoms with Gasteiger partial charge in [-0.1, -0.05) is 42.3 Å². The van der Waals surface area contributed by atoms with E-state index in [1.54, 1.807) is 11.3 Å². The number of hydrogen-bond donors (Lipinski definition) is 1. The zero-order chi connectivity index (χ0) is 16.8. The third-order valence-electron chi connectivity index (χ3n) is 4.10. The van der Waals surface area contributed by atoms with Gasteiger partial charge in [0.25, 0.3) is 0 Å². The van der Waals surface area contributed by atoms with Crippen LogP contribution >= 0.6 is 11.3 Å². The zero-order valence-corrected chi connectivity index (χ0v) is 14.9. The lowest BCUT2D eigenvalue weighted by Gasteiger charge is -2.19. The standard InChI is InChI=1S/C19H24N4S/c1-3-11-21-19-23(22-13-17-6-4-5-12-20-17)18(14-24-19)16-9-7-15(2)8-10-16/h3,7-10,13-14,17,20H,1,4-6,11-12H2,2H3/b21-19-,22-13+. The predicted octanol–water partition coefficient (Wildman–Crippen LogP) is 3.59. The molecule has 0 bridgehead atoms. The Morgan fingerprint density at radius 1 is 1.33 bits per heavy atom. The molecule has 1 aromatic heterocycles. The summed E-state index contributed by atoms with van der Waals surface area (Å²) in [5, 5.41) is 10.4. The van der Waals surface area contributed by atoms with Gasteiger partial charge in [-0.2, -0.15) is 5.10 Å². The van der Waals surface area contributed by atoms with Crippen LogP contribution in [0.4, 0.5) is 0 Å². The van der Waals surface area contributed by atoms with Gasteiger partial charge in [0.2, 0.25) is 4.80 Å². The topological polar surface area (TPSA) is 41.7 Å². The number of rotatable bonds is 5. The minimum Gasteiger partial charge on any atom is -0.309 e. The highest BCUT2D eigenvalue weighted by atomic mass is 32.1. The number of aryl methyl sites for hydroxylation is 1. The van der Waals surface area contributed by atoms with E-state index < -0.39 is 0 Å².